The van der Waals surface area contributed by atoms with Gasteiger partial charge in [-0.2, -0.15) is 18.2 Å². The molecule has 0 aliphatic carbocycles. The Balaban J connectivity index is 1.89. The quantitative estimate of drug-likeness (QED) is 0.469. The number of hydrogen-bond donors (Lipinski definition) is 2. The van der Waals surface area contributed by atoms with Crippen molar-refractivity contribution in [3.63, 3.8) is 0 Å². The van der Waals surface area contributed by atoms with Crippen LogP contribution in [-0.2, 0) is 12.7 Å². The number of fused-ring (bicyclic) bond motifs is 1. The van der Waals surface area contributed by atoms with Gasteiger partial charge in [-0.15, -0.1) is 0 Å². The molecule has 4 aromatic rings. The van der Waals surface area contributed by atoms with Gasteiger partial charge in [0.25, 0.3) is 0 Å². The van der Waals surface area contributed by atoms with E-state index in [1.54, 1.807) is 31.2 Å². The SMILES string of the molecule is Cc1c(NCc2ccccc2)nc(-n2c(C)cc3c(C(N)=O)cccc32)nc1C(F)(F)F. The smallest absolute Gasteiger partial charge is 0.366 e. The first-order valence-electron chi connectivity index (χ1n) is 9.81. The number of nitrogens with one attached hydrogen (secondary N) is 1. The van der Waals surface area contributed by atoms with Crippen LogP contribution in [0.4, 0.5) is 19.0 Å². The molecular weight excluding hydrogens is 419 g/mol. The van der Waals surface area contributed by atoms with E-state index in [4.69, 9.17) is 5.73 Å². The maximum atomic E-state index is 13.8. The Morgan fingerprint density at radius 2 is 1.78 bits per heavy atom. The van der Waals surface area contributed by atoms with Crippen molar-refractivity contribution in [2.45, 2.75) is 26.6 Å². The van der Waals surface area contributed by atoms with Gasteiger partial charge in [0.05, 0.1) is 5.52 Å². The lowest BCUT2D eigenvalue weighted by Gasteiger charge is -2.17. The van der Waals surface area contributed by atoms with Gasteiger partial charge < -0.3 is 11.1 Å². The van der Waals surface area contributed by atoms with Crippen LogP contribution in [0.2, 0.25) is 0 Å². The van der Waals surface area contributed by atoms with Crippen LogP contribution in [0.25, 0.3) is 16.9 Å². The van der Waals surface area contributed by atoms with Gasteiger partial charge in [0, 0.05) is 28.8 Å². The van der Waals surface area contributed by atoms with Crippen molar-refractivity contribution in [1.82, 2.24) is 14.5 Å². The van der Waals surface area contributed by atoms with Crippen molar-refractivity contribution in [3.05, 3.63) is 82.7 Å². The van der Waals surface area contributed by atoms with E-state index < -0.39 is 17.8 Å². The molecule has 2 heterocycles. The Morgan fingerprint density at radius 1 is 1.06 bits per heavy atom. The van der Waals surface area contributed by atoms with Crippen molar-refractivity contribution in [3.8, 4) is 5.95 Å². The van der Waals surface area contributed by atoms with E-state index in [9.17, 15) is 18.0 Å². The third-order valence-electron chi connectivity index (χ3n) is 5.20. The molecule has 0 aliphatic rings. The van der Waals surface area contributed by atoms with E-state index in [2.05, 4.69) is 15.3 Å². The van der Waals surface area contributed by atoms with Gasteiger partial charge in [-0.3, -0.25) is 9.36 Å². The Labute approximate surface area is 181 Å². The van der Waals surface area contributed by atoms with Crippen LogP contribution in [0.3, 0.4) is 0 Å². The van der Waals surface area contributed by atoms with E-state index in [1.807, 2.05) is 30.3 Å². The normalized spacial score (nSPS) is 11.7. The molecule has 164 valence electrons. The fraction of sp³-hybridized carbons (Fsp3) is 0.174. The molecule has 0 atom stereocenters. The number of primary amides is 1. The van der Waals surface area contributed by atoms with Gasteiger partial charge in [0.2, 0.25) is 11.9 Å². The van der Waals surface area contributed by atoms with Crippen molar-refractivity contribution in [2.24, 2.45) is 5.73 Å². The monoisotopic (exact) mass is 439 g/mol. The molecule has 0 radical (unpaired) electrons. The zero-order valence-corrected chi connectivity index (χ0v) is 17.4. The average Bonchev–Trinajstić information content (AvgIpc) is 3.08. The fourth-order valence-electron chi connectivity index (χ4n) is 3.68. The van der Waals surface area contributed by atoms with Crippen molar-refractivity contribution in [2.75, 3.05) is 5.32 Å². The number of halogens is 3. The average molecular weight is 439 g/mol. The van der Waals surface area contributed by atoms with E-state index in [0.717, 1.165) is 5.56 Å². The lowest BCUT2D eigenvalue weighted by molar-refractivity contribution is -0.141. The highest BCUT2D eigenvalue weighted by Crippen LogP contribution is 2.34. The van der Waals surface area contributed by atoms with Crippen molar-refractivity contribution >= 4 is 22.6 Å². The summed E-state index contributed by atoms with van der Waals surface area (Å²) in [6.07, 6.45) is -4.67. The Kier molecular flexibility index (Phi) is 5.33. The minimum atomic E-state index is -4.67. The number of hydrogen-bond acceptors (Lipinski definition) is 4. The molecule has 3 N–H and O–H groups in total. The molecule has 32 heavy (non-hydrogen) atoms. The van der Waals surface area contributed by atoms with Gasteiger partial charge in [-0.1, -0.05) is 36.4 Å². The van der Waals surface area contributed by atoms with Crippen LogP contribution in [0, 0.1) is 13.8 Å². The first-order chi connectivity index (χ1) is 15.2. The number of anilines is 1. The van der Waals surface area contributed by atoms with E-state index in [1.165, 1.54) is 11.5 Å². The second-order valence-electron chi connectivity index (χ2n) is 7.41. The largest absolute Gasteiger partial charge is 0.433 e. The predicted octanol–water partition coefficient (Wildman–Crippen LogP) is 4.77. The van der Waals surface area contributed by atoms with E-state index >= 15 is 0 Å². The molecule has 2 aromatic heterocycles. The molecule has 0 spiro atoms. The molecule has 0 saturated carbocycles. The van der Waals surface area contributed by atoms with Crippen molar-refractivity contribution in [1.29, 1.82) is 0 Å². The summed E-state index contributed by atoms with van der Waals surface area (Å²) in [5.41, 5.74) is 6.57. The highest BCUT2D eigenvalue weighted by molar-refractivity contribution is 6.06. The first-order valence-corrected chi connectivity index (χ1v) is 9.81. The Bertz CT molecular complexity index is 1310. The van der Waals surface area contributed by atoms with Crippen LogP contribution in [0.1, 0.15) is 32.9 Å². The van der Waals surface area contributed by atoms with Crippen LogP contribution >= 0.6 is 0 Å². The molecule has 4 rings (SSSR count). The molecule has 0 bridgehead atoms. The molecule has 0 aliphatic heterocycles. The molecule has 6 nitrogen and oxygen atoms in total. The molecular formula is C23H20F3N5O. The molecule has 9 heteroatoms. The highest BCUT2D eigenvalue weighted by atomic mass is 19.4. The number of aromatic nitrogens is 3. The summed E-state index contributed by atoms with van der Waals surface area (Å²) < 4.78 is 42.9. The van der Waals surface area contributed by atoms with E-state index in [0.29, 0.717) is 23.1 Å². The molecule has 0 unspecified atom stereocenters. The summed E-state index contributed by atoms with van der Waals surface area (Å²) in [6.45, 7) is 3.34. The third-order valence-corrected chi connectivity index (χ3v) is 5.20. The zero-order chi connectivity index (χ0) is 23.0. The maximum Gasteiger partial charge on any atom is 0.433 e. The number of nitrogens with two attached hydrogens (primary N) is 1. The standard InChI is InChI=1S/C23H20F3N5O/c1-13-11-17-16(20(27)32)9-6-10-18(17)31(13)22-29-19(23(24,25)26)14(2)21(30-22)28-12-15-7-4-3-5-8-15/h3-11H,12H2,1-2H3,(H2,27,32)(H,28,29,30). The minimum Gasteiger partial charge on any atom is -0.366 e. The summed E-state index contributed by atoms with van der Waals surface area (Å²) in [5, 5.41) is 3.52. The van der Waals surface area contributed by atoms with Crippen LogP contribution in [0.15, 0.2) is 54.6 Å². The molecule has 1 amide bonds. The maximum absolute atomic E-state index is 13.8. The van der Waals surface area contributed by atoms with Crippen LogP contribution in [0.5, 0.6) is 0 Å². The number of alkyl halides is 3. The predicted molar refractivity (Wildman–Crippen MR) is 116 cm³/mol. The topological polar surface area (TPSA) is 85.8 Å². The lowest BCUT2D eigenvalue weighted by atomic mass is 10.1. The third kappa shape index (κ3) is 3.89. The van der Waals surface area contributed by atoms with Crippen LogP contribution in [-0.4, -0.2) is 20.4 Å². The second-order valence-corrected chi connectivity index (χ2v) is 7.41. The number of amides is 1. The minimum absolute atomic E-state index is 0.0819. The summed E-state index contributed by atoms with van der Waals surface area (Å²) in [6, 6.07) is 15.8. The highest BCUT2D eigenvalue weighted by Gasteiger charge is 2.37. The Morgan fingerprint density at radius 3 is 2.44 bits per heavy atom. The number of aryl methyl sites for hydroxylation is 1. The van der Waals surface area contributed by atoms with E-state index in [-0.39, 0.29) is 22.9 Å². The molecule has 2 aromatic carbocycles. The van der Waals surface area contributed by atoms with Gasteiger partial charge >= 0.3 is 6.18 Å². The van der Waals surface area contributed by atoms with Crippen molar-refractivity contribution < 1.29 is 18.0 Å². The summed E-state index contributed by atoms with van der Waals surface area (Å²) in [7, 11) is 0. The van der Waals surface area contributed by atoms with Gasteiger partial charge in [-0.25, -0.2) is 4.98 Å². The number of carbonyl (C=O) groups excluding carboxylic acids is 1. The zero-order valence-electron chi connectivity index (χ0n) is 17.4. The molecule has 0 fully saturated rings. The number of benzene rings is 2. The Hall–Kier alpha value is -3.88. The fourth-order valence-corrected chi connectivity index (χ4v) is 3.68. The lowest BCUT2D eigenvalue weighted by Crippen LogP contribution is -2.18. The first kappa shape index (κ1) is 21.4. The van der Waals surface area contributed by atoms with Gasteiger partial charge in [0.15, 0.2) is 5.69 Å². The summed E-state index contributed by atoms with van der Waals surface area (Å²) in [5.74, 6) is -0.690. The number of nitrogens with zero attached hydrogens (tertiary/aromatic N) is 3. The second kappa shape index (κ2) is 7.99. The van der Waals surface area contributed by atoms with Crippen LogP contribution < -0.4 is 11.1 Å². The summed E-state index contributed by atoms with van der Waals surface area (Å²) in [4.78, 5) is 20.1. The number of carbonyl (C=O) groups is 1. The molecule has 0 saturated heterocycles. The van der Waals surface area contributed by atoms with Gasteiger partial charge in [-0.05, 0) is 37.6 Å². The summed E-state index contributed by atoms with van der Waals surface area (Å²) >= 11 is 0. The van der Waals surface area contributed by atoms with Gasteiger partial charge in [0.1, 0.15) is 5.82 Å². The number of rotatable bonds is 5.